The van der Waals surface area contributed by atoms with Crippen LogP contribution in [0, 0.1) is 6.92 Å². The van der Waals surface area contributed by atoms with Crippen molar-refractivity contribution in [2.24, 2.45) is 0 Å². The topological polar surface area (TPSA) is 102 Å². The second-order valence-electron chi connectivity index (χ2n) is 7.50. The Hall–Kier alpha value is -3.20. The zero-order valence-corrected chi connectivity index (χ0v) is 18.1. The summed E-state index contributed by atoms with van der Waals surface area (Å²) in [6.45, 7) is 1.98. The van der Waals surface area contributed by atoms with E-state index in [0.717, 1.165) is 36.9 Å². The fourth-order valence-electron chi connectivity index (χ4n) is 3.66. The number of hydrogen-bond donors (Lipinski definition) is 2. The summed E-state index contributed by atoms with van der Waals surface area (Å²) in [5, 5.41) is 18.3. The Labute approximate surface area is 184 Å². The van der Waals surface area contributed by atoms with Crippen LogP contribution in [0.5, 0.6) is 0 Å². The summed E-state index contributed by atoms with van der Waals surface area (Å²) in [4.78, 5) is 25.3. The zero-order valence-electron chi connectivity index (χ0n) is 17.2. The van der Waals surface area contributed by atoms with E-state index in [9.17, 15) is 9.59 Å². The van der Waals surface area contributed by atoms with Gasteiger partial charge in [0, 0.05) is 6.04 Å². The minimum absolute atomic E-state index is 0.116. The Morgan fingerprint density at radius 2 is 1.84 bits per heavy atom. The van der Waals surface area contributed by atoms with E-state index >= 15 is 0 Å². The van der Waals surface area contributed by atoms with Gasteiger partial charge in [0.1, 0.15) is 0 Å². The number of hydrogen-bond acceptors (Lipinski definition) is 6. The average molecular weight is 437 g/mol. The third kappa shape index (κ3) is 5.11. The molecule has 2 aromatic carbocycles. The van der Waals surface area contributed by atoms with E-state index < -0.39 is 0 Å². The maximum atomic E-state index is 12.7. The summed E-state index contributed by atoms with van der Waals surface area (Å²) in [5.41, 5.74) is 2.87. The molecule has 1 fully saturated rings. The second-order valence-corrected chi connectivity index (χ2v) is 8.44. The molecule has 0 radical (unpaired) electrons. The van der Waals surface area contributed by atoms with Crippen molar-refractivity contribution in [3.05, 3.63) is 59.7 Å². The van der Waals surface area contributed by atoms with E-state index in [1.165, 1.54) is 11.8 Å². The molecule has 1 aromatic heterocycles. The summed E-state index contributed by atoms with van der Waals surface area (Å²) in [6, 6.07) is 15.0. The van der Waals surface area contributed by atoms with Gasteiger partial charge >= 0.3 is 0 Å². The molecule has 0 atom stereocenters. The minimum Gasteiger partial charge on any atom is -0.349 e. The highest BCUT2D eigenvalue weighted by Gasteiger charge is 2.20. The molecule has 2 N–H and O–H groups in total. The van der Waals surface area contributed by atoms with Crippen LogP contribution in [-0.4, -0.2) is 43.8 Å². The molecular formula is C22H24N6O2S. The van der Waals surface area contributed by atoms with Crippen LogP contribution in [0.25, 0.3) is 5.69 Å². The molecule has 3 aromatic rings. The molecule has 0 saturated heterocycles. The number of aryl methyl sites for hydroxylation is 1. The van der Waals surface area contributed by atoms with E-state index in [1.54, 1.807) is 28.9 Å². The number of carbonyl (C=O) groups excluding carboxylic acids is 2. The van der Waals surface area contributed by atoms with E-state index in [-0.39, 0.29) is 23.6 Å². The molecule has 0 aliphatic heterocycles. The number of carbonyl (C=O) groups is 2. The SMILES string of the molecule is Cc1ccccc1-n1nnnc1SCC(=O)Nc1ccccc1C(=O)NC1CCCC1. The van der Waals surface area contributed by atoms with Crippen molar-refractivity contribution in [2.75, 3.05) is 11.1 Å². The largest absolute Gasteiger partial charge is 0.349 e. The number of benzene rings is 2. The number of nitrogens with one attached hydrogen (secondary N) is 2. The number of tetrazole rings is 1. The smallest absolute Gasteiger partial charge is 0.253 e. The molecule has 1 saturated carbocycles. The number of para-hydroxylation sites is 2. The molecule has 1 aliphatic rings. The first kappa shape index (κ1) is 21.0. The van der Waals surface area contributed by atoms with Crippen LogP contribution in [0.2, 0.25) is 0 Å². The molecule has 0 bridgehead atoms. The second kappa shape index (κ2) is 9.74. The van der Waals surface area contributed by atoms with Crippen molar-refractivity contribution < 1.29 is 9.59 Å². The Morgan fingerprint density at radius 3 is 2.65 bits per heavy atom. The van der Waals surface area contributed by atoms with Crippen LogP contribution >= 0.6 is 11.8 Å². The van der Waals surface area contributed by atoms with Crippen LogP contribution in [0.4, 0.5) is 5.69 Å². The lowest BCUT2D eigenvalue weighted by molar-refractivity contribution is -0.113. The number of amides is 2. The first-order valence-electron chi connectivity index (χ1n) is 10.3. The van der Waals surface area contributed by atoms with Gasteiger partial charge in [0.25, 0.3) is 5.91 Å². The number of anilines is 1. The van der Waals surface area contributed by atoms with Crippen molar-refractivity contribution in [3.63, 3.8) is 0 Å². The van der Waals surface area contributed by atoms with Crippen molar-refractivity contribution in [3.8, 4) is 5.69 Å². The van der Waals surface area contributed by atoms with E-state index in [4.69, 9.17) is 0 Å². The molecular weight excluding hydrogens is 412 g/mol. The Kier molecular flexibility index (Phi) is 6.61. The van der Waals surface area contributed by atoms with Gasteiger partial charge in [-0.2, -0.15) is 4.68 Å². The van der Waals surface area contributed by atoms with Gasteiger partial charge in [-0.05, 0) is 54.0 Å². The maximum absolute atomic E-state index is 12.7. The molecule has 1 aliphatic carbocycles. The Bertz CT molecular complexity index is 1080. The summed E-state index contributed by atoms with van der Waals surface area (Å²) < 4.78 is 1.62. The normalized spacial score (nSPS) is 13.8. The molecule has 0 unspecified atom stereocenters. The van der Waals surface area contributed by atoms with Gasteiger partial charge < -0.3 is 10.6 Å². The monoisotopic (exact) mass is 436 g/mol. The molecule has 9 heteroatoms. The quantitative estimate of drug-likeness (QED) is 0.551. The number of rotatable bonds is 7. The van der Waals surface area contributed by atoms with Crippen molar-refractivity contribution >= 4 is 29.3 Å². The number of nitrogens with zero attached hydrogens (tertiary/aromatic N) is 4. The standard InChI is InChI=1S/C22H24N6O2S/c1-15-8-2-7-13-19(15)28-22(25-26-27-28)31-14-20(29)24-18-12-6-5-11-17(18)21(30)23-16-9-3-4-10-16/h2,5-8,11-13,16H,3-4,9-10,14H2,1H3,(H,23,30)(H,24,29). The maximum Gasteiger partial charge on any atom is 0.253 e. The van der Waals surface area contributed by atoms with Crippen molar-refractivity contribution in [1.29, 1.82) is 0 Å². The predicted octanol–water partition coefficient (Wildman–Crippen LogP) is 3.37. The summed E-state index contributed by atoms with van der Waals surface area (Å²) >= 11 is 1.24. The van der Waals surface area contributed by atoms with Crippen LogP contribution in [-0.2, 0) is 4.79 Å². The first-order valence-corrected chi connectivity index (χ1v) is 11.3. The van der Waals surface area contributed by atoms with Crippen molar-refractivity contribution in [2.45, 2.75) is 43.8 Å². The van der Waals surface area contributed by atoms with Gasteiger partial charge in [-0.3, -0.25) is 9.59 Å². The summed E-state index contributed by atoms with van der Waals surface area (Å²) in [5.74, 6) is -0.269. The minimum atomic E-state index is -0.231. The molecule has 2 amide bonds. The van der Waals surface area contributed by atoms with Gasteiger partial charge in [-0.25, -0.2) is 0 Å². The molecule has 31 heavy (non-hydrogen) atoms. The predicted molar refractivity (Wildman–Crippen MR) is 119 cm³/mol. The third-order valence-corrected chi connectivity index (χ3v) is 6.17. The van der Waals surface area contributed by atoms with Gasteiger partial charge in [0.15, 0.2) is 0 Å². The van der Waals surface area contributed by atoms with Crippen LogP contribution in [0.15, 0.2) is 53.7 Å². The van der Waals surface area contributed by atoms with Gasteiger partial charge in [0.05, 0.1) is 22.7 Å². The van der Waals surface area contributed by atoms with E-state index in [1.807, 2.05) is 31.2 Å². The molecule has 4 rings (SSSR count). The summed E-state index contributed by atoms with van der Waals surface area (Å²) in [6.07, 6.45) is 4.30. The highest BCUT2D eigenvalue weighted by atomic mass is 32.2. The lowest BCUT2D eigenvalue weighted by Gasteiger charge is -2.15. The van der Waals surface area contributed by atoms with Crippen molar-refractivity contribution in [1.82, 2.24) is 25.5 Å². The fourth-order valence-corrected chi connectivity index (χ4v) is 4.34. The third-order valence-electron chi connectivity index (χ3n) is 5.25. The fraction of sp³-hybridized carbons (Fsp3) is 0.318. The number of aromatic nitrogens is 4. The molecule has 1 heterocycles. The van der Waals surface area contributed by atoms with Crippen LogP contribution < -0.4 is 10.6 Å². The van der Waals surface area contributed by atoms with Gasteiger partial charge in [-0.1, -0.05) is 54.9 Å². The van der Waals surface area contributed by atoms with Gasteiger partial charge in [-0.15, -0.1) is 5.10 Å². The van der Waals surface area contributed by atoms with Gasteiger partial charge in [0.2, 0.25) is 11.1 Å². The number of thioether (sulfide) groups is 1. The lowest BCUT2D eigenvalue weighted by Crippen LogP contribution is -2.33. The lowest BCUT2D eigenvalue weighted by atomic mass is 10.1. The Balaban J connectivity index is 1.40. The zero-order chi connectivity index (χ0) is 21.6. The summed E-state index contributed by atoms with van der Waals surface area (Å²) in [7, 11) is 0. The molecule has 160 valence electrons. The van der Waals surface area contributed by atoms with E-state index in [2.05, 4.69) is 26.2 Å². The van der Waals surface area contributed by atoms with Crippen LogP contribution in [0.3, 0.4) is 0 Å². The van der Waals surface area contributed by atoms with E-state index in [0.29, 0.717) is 16.4 Å². The molecule has 0 spiro atoms. The van der Waals surface area contributed by atoms with Crippen LogP contribution in [0.1, 0.15) is 41.6 Å². The Morgan fingerprint density at radius 1 is 1.10 bits per heavy atom. The molecule has 8 nitrogen and oxygen atoms in total. The highest BCUT2D eigenvalue weighted by Crippen LogP contribution is 2.22. The first-order chi connectivity index (χ1) is 15.1. The highest BCUT2D eigenvalue weighted by molar-refractivity contribution is 7.99. The average Bonchev–Trinajstić information content (AvgIpc) is 3.45.